The fourth-order valence-electron chi connectivity index (χ4n) is 0.739. The molecule has 44 valence electrons. The average Bonchev–Trinajstić information content (AvgIpc) is 2.19. The molecule has 0 aromatic heterocycles. The summed E-state index contributed by atoms with van der Waals surface area (Å²) in [7, 11) is 0. The highest BCUT2D eigenvalue weighted by atomic mass is 32.1. The topological polar surface area (TPSA) is 21.6 Å². The van der Waals surface area contributed by atoms with Crippen LogP contribution in [0, 0.1) is 0 Å². The van der Waals surface area contributed by atoms with E-state index in [1.807, 2.05) is 0 Å². The molecule has 0 heterocycles. The lowest BCUT2D eigenvalue weighted by molar-refractivity contribution is 0.0745. The zero-order valence-corrected chi connectivity index (χ0v) is 5.23. The highest BCUT2D eigenvalue weighted by molar-refractivity contribution is 7.47. The first kappa shape index (κ1) is 5.69. The van der Waals surface area contributed by atoms with Crippen LogP contribution in [-0.2, 0) is 17.3 Å². The van der Waals surface area contributed by atoms with Gasteiger partial charge >= 0.3 is 0 Å². The summed E-state index contributed by atoms with van der Waals surface area (Å²) in [6.45, 7) is 0. The monoisotopic (exact) mass is 129 g/mol. The van der Waals surface area contributed by atoms with E-state index in [0.29, 0.717) is 0 Å². The van der Waals surface area contributed by atoms with Crippen molar-refractivity contribution in [3.05, 3.63) is 12.2 Å². The van der Waals surface area contributed by atoms with Crippen molar-refractivity contribution in [2.24, 2.45) is 4.53 Å². The lowest BCUT2D eigenvalue weighted by Crippen LogP contribution is -2.01. The van der Waals surface area contributed by atoms with Crippen molar-refractivity contribution in [3.8, 4) is 0 Å². The maximum absolute atomic E-state index is 4.78. The van der Waals surface area contributed by atoms with Gasteiger partial charge in [-0.05, 0) is 4.53 Å². The summed E-state index contributed by atoms with van der Waals surface area (Å²) in [5.41, 5.74) is 0. The van der Waals surface area contributed by atoms with Gasteiger partial charge in [-0.15, -0.1) is 0 Å². The van der Waals surface area contributed by atoms with Crippen LogP contribution in [0.15, 0.2) is 16.7 Å². The second kappa shape index (κ2) is 2.77. The minimum Gasteiger partial charge on any atom is -0.382 e. The highest BCUT2D eigenvalue weighted by Gasteiger charge is 2.09. The third-order valence-electron chi connectivity index (χ3n) is 1.16. The SMILES string of the molecule is S=NOC1CC=CC1. The van der Waals surface area contributed by atoms with Crippen molar-refractivity contribution < 1.29 is 4.84 Å². The Hall–Kier alpha value is -0.440. The molecule has 0 atom stereocenters. The van der Waals surface area contributed by atoms with Gasteiger partial charge in [0.05, 0.1) is 12.4 Å². The van der Waals surface area contributed by atoms with Crippen molar-refractivity contribution in [1.82, 2.24) is 0 Å². The molecule has 2 nitrogen and oxygen atoms in total. The maximum Gasteiger partial charge on any atom is 0.135 e. The van der Waals surface area contributed by atoms with Crippen LogP contribution in [0.3, 0.4) is 0 Å². The van der Waals surface area contributed by atoms with Gasteiger partial charge in [0.2, 0.25) is 0 Å². The van der Waals surface area contributed by atoms with Gasteiger partial charge in [-0.25, -0.2) is 0 Å². The van der Waals surface area contributed by atoms with E-state index in [0.717, 1.165) is 12.8 Å². The first-order valence-electron chi connectivity index (χ1n) is 2.57. The van der Waals surface area contributed by atoms with Crippen LogP contribution >= 0.6 is 0 Å². The summed E-state index contributed by atoms with van der Waals surface area (Å²) in [6.07, 6.45) is 6.30. The van der Waals surface area contributed by atoms with Crippen LogP contribution in [0.4, 0.5) is 0 Å². The Morgan fingerprint density at radius 3 is 2.62 bits per heavy atom. The lowest BCUT2D eigenvalue weighted by atomic mass is 10.3. The molecule has 0 saturated carbocycles. The maximum atomic E-state index is 4.78. The molecule has 0 saturated heterocycles. The van der Waals surface area contributed by atoms with Crippen LogP contribution < -0.4 is 0 Å². The molecule has 1 aliphatic carbocycles. The number of nitrogens with zero attached hydrogens (tertiary/aromatic N) is 1. The van der Waals surface area contributed by atoms with Crippen molar-refractivity contribution in [2.45, 2.75) is 18.9 Å². The fourth-order valence-corrected chi connectivity index (χ4v) is 0.861. The molecule has 0 unspecified atom stereocenters. The standard InChI is InChI=1S/C5H7NOS/c8-6-7-5-3-1-2-4-5/h1-2,5H,3-4H2. The van der Waals surface area contributed by atoms with E-state index in [1.165, 1.54) is 0 Å². The Morgan fingerprint density at radius 1 is 1.50 bits per heavy atom. The summed E-state index contributed by atoms with van der Waals surface area (Å²) in [5, 5.41) is 0. The second-order valence-electron chi connectivity index (χ2n) is 1.74. The molecule has 3 heteroatoms. The predicted molar refractivity (Wildman–Crippen MR) is 33.0 cm³/mol. The van der Waals surface area contributed by atoms with Gasteiger partial charge in [-0.1, -0.05) is 12.2 Å². The van der Waals surface area contributed by atoms with Crippen LogP contribution in [0.1, 0.15) is 12.8 Å². The van der Waals surface area contributed by atoms with Crippen LogP contribution in [0.25, 0.3) is 0 Å². The molecule has 0 spiro atoms. The van der Waals surface area contributed by atoms with E-state index >= 15 is 0 Å². The number of hydrogen-bond donors (Lipinski definition) is 0. The molecule has 0 amide bonds. The van der Waals surface area contributed by atoms with Gasteiger partial charge in [0.15, 0.2) is 0 Å². The normalized spacial score (nSPS) is 19.0. The molecule has 0 fully saturated rings. The molecule has 0 aliphatic heterocycles. The highest BCUT2D eigenvalue weighted by Crippen LogP contribution is 2.12. The van der Waals surface area contributed by atoms with E-state index in [-0.39, 0.29) is 6.10 Å². The Kier molecular flexibility index (Phi) is 1.97. The van der Waals surface area contributed by atoms with Gasteiger partial charge < -0.3 is 4.84 Å². The second-order valence-corrected chi connectivity index (χ2v) is 1.89. The zero-order valence-electron chi connectivity index (χ0n) is 4.41. The summed E-state index contributed by atoms with van der Waals surface area (Å²) in [4.78, 5) is 4.78. The van der Waals surface area contributed by atoms with Crippen LogP contribution in [0.5, 0.6) is 0 Å². The molecule has 8 heavy (non-hydrogen) atoms. The molecular weight excluding hydrogens is 122 g/mol. The summed E-state index contributed by atoms with van der Waals surface area (Å²) in [5.74, 6) is 0. The Bertz CT molecular complexity index is 105. The predicted octanol–water partition coefficient (Wildman–Crippen LogP) is 1.37. The van der Waals surface area contributed by atoms with E-state index in [9.17, 15) is 0 Å². The van der Waals surface area contributed by atoms with Gasteiger partial charge in [0, 0.05) is 12.8 Å². The van der Waals surface area contributed by atoms with Crippen molar-refractivity contribution in [3.63, 3.8) is 0 Å². The molecule has 1 aliphatic rings. The van der Waals surface area contributed by atoms with Gasteiger partial charge in [-0.2, -0.15) is 0 Å². The summed E-state index contributed by atoms with van der Waals surface area (Å²) in [6, 6.07) is 0. The van der Waals surface area contributed by atoms with Gasteiger partial charge in [-0.3, -0.25) is 0 Å². The summed E-state index contributed by atoms with van der Waals surface area (Å²) < 4.78 is 3.16. The first-order valence-corrected chi connectivity index (χ1v) is 2.93. The minimum absolute atomic E-state index is 0.229. The van der Waals surface area contributed by atoms with E-state index in [2.05, 4.69) is 29.1 Å². The first-order chi connectivity index (χ1) is 3.93. The average molecular weight is 129 g/mol. The Morgan fingerprint density at radius 2 is 2.12 bits per heavy atom. The van der Waals surface area contributed by atoms with E-state index in [1.54, 1.807) is 0 Å². The largest absolute Gasteiger partial charge is 0.382 e. The molecule has 0 aromatic carbocycles. The number of hydrogen-bond acceptors (Lipinski definition) is 3. The lowest BCUT2D eigenvalue weighted by Gasteiger charge is -2.02. The van der Waals surface area contributed by atoms with Crippen LogP contribution in [-0.4, -0.2) is 6.10 Å². The van der Waals surface area contributed by atoms with Crippen molar-refractivity contribution in [2.75, 3.05) is 0 Å². The fraction of sp³-hybridized carbons (Fsp3) is 0.600. The van der Waals surface area contributed by atoms with Crippen LogP contribution in [0.2, 0.25) is 0 Å². The zero-order chi connectivity index (χ0) is 5.82. The van der Waals surface area contributed by atoms with Crippen molar-refractivity contribution in [1.29, 1.82) is 0 Å². The third kappa shape index (κ3) is 1.26. The Labute approximate surface area is 53.7 Å². The Balaban J connectivity index is 2.19. The quantitative estimate of drug-likeness (QED) is 0.415. The molecule has 1 rings (SSSR count). The molecule has 0 N–H and O–H groups in total. The van der Waals surface area contributed by atoms with Crippen molar-refractivity contribution >= 4 is 12.4 Å². The van der Waals surface area contributed by atoms with Gasteiger partial charge in [0.25, 0.3) is 0 Å². The van der Waals surface area contributed by atoms with Gasteiger partial charge in [0.1, 0.15) is 6.10 Å². The van der Waals surface area contributed by atoms with E-state index in [4.69, 9.17) is 4.84 Å². The summed E-state index contributed by atoms with van der Waals surface area (Å²) >= 11 is 4.26. The smallest absolute Gasteiger partial charge is 0.135 e. The molecule has 0 radical (unpaired) electrons. The minimum atomic E-state index is 0.229. The number of rotatable bonds is 2. The molecular formula is C5H7NOS. The van der Waals surface area contributed by atoms with E-state index < -0.39 is 0 Å². The molecule has 0 bridgehead atoms. The molecule has 0 aromatic rings. The third-order valence-corrected chi connectivity index (χ3v) is 1.24.